The second-order valence-corrected chi connectivity index (χ2v) is 2.20. The first kappa shape index (κ1) is 8.72. The summed E-state index contributed by atoms with van der Waals surface area (Å²) in [4.78, 5) is 10.5. The van der Waals surface area contributed by atoms with Gasteiger partial charge in [0.1, 0.15) is 0 Å². The van der Waals surface area contributed by atoms with Crippen molar-refractivity contribution in [2.75, 3.05) is 7.05 Å². The van der Waals surface area contributed by atoms with Gasteiger partial charge < -0.3 is 11.1 Å². The molecule has 0 aromatic heterocycles. The van der Waals surface area contributed by atoms with E-state index >= 15 is 0 Å². The maximum atomic E-state index is 10.5. The molecule has 1 rings (SSSR count). The second kappa shape index (κ2) is 2.54. The Labute approximate surface area is 60.4 Å². The van der Waals surface area contributed by atoms with E-state index in [2.05, 4.69) is 5.32 Å². The highest BCUT2D eigenvalue weighted by molar-refractivity contribution is 5.87. The second-order valence-electron chi connectivity index (χ2n) is 2.20. The summed E-state index contributed by atoms with van der Waals surface area (Å²) < 4.78 is 0. The number of hydrogen-bond acceptors (Lipinski definition) is 2. The minimum atomic E-state index is -0.319. The van der Waals surface area contributed by atoms with Gasteiger partial charge in [0.05, 0.1) is 5.54 Å². The quantitative estimate of drug-likeness (QED) is 0.565. The van der Waals surface area contributed by atoms with Crippen LogP contribution in [0.25, 0.3) is 0 Å². The molecular formula is C5H11ClN2O. The number of nitrogens with two attached hydrogens (primary N) is 1. The topological polar surface area (TPSA) is 55.1 Å². The van der Waals surface area contributed by atoms with Crippen LogP contribution in [-0.2, 0) is 4.79 Å². The molecule has 0 bridgehead atoms. The number of rotatable bonds is 2. The van der Waals surface area contributed by atoms with Crippen LogP contribution in [0.15, 0.2) is 0 Å². The van der Waals surface area contributed by atoms with E-state index in [1.807, 2.05) is 0 Å². The van der Waals surface area contributed by atoms with Crippen molar-refractivity contribution in [2.45, 2.75) is 18.4 Å². The zero-order valence-corrected chi connectivity index (χ0v) is 6.12. The zero-order chi connectivity index (χ0) is 6.20. The van der Waals surface area contributed by atoms with Gasteiger partial charge in [0.2, 0.25) is 5.91 Å². The Kier molecular flexibility index (Phi) is 2.46. The van der Waals surface area contributed by atoms with Crippen LogP contribution in [-0.4, -0.2) is 18.5 Å². The zero-order valence-electron chi connectivity index (χ0n) is 5.31. The molecule has 0 radical (unpaired) electrons. The number of amides is 1. The van der Waals surface area contributed by atoms with Crippen LogP contribution in [0.4, 0.5) is 0 Å². The average molecular weight is 151 g/mol. The van der Waals surface area contributed by atoms with E-state index in [1.165, 1.54) is 0 Å². The van der Waals surface area contributed by atoms with Crippen molar-refractivity contribution in [1.29, 1.82) is 0 Å². The smallest absolute Gasteiger partial charge is 0.237 e. The molecule has 0 aromatic rings. The van der Waals surface area contributed by atoms with Crippen molar-refractivity contribution in [3.05, 3.63) is 0 Å². The van der Waals surface area contributed by atoms with E-state index in [0.717, 1.165) is 12.8 Å². The summed E-state index contributed by atoms with van der Waals surface area (Å²) in [5, 5.41) is 2.88. The van der Waals surface area contributed by atoms with Gasteiger partial charge in [-0.25, -0.2) is 0 Å². The van der Waals surface area contributed by atoms with Crippen LogP contribution in [0.2, 0.25) is 0 Å². The highest BCUT2D eigenvalue weighted by Crippen LogP contribution is 2.33. The van der Waals surface area contributed by atoms with Crippen molar-refractivity contribution in [1.82, 2.24) is 5.32 Å². The fourth-order valence-corrected chi connectivity index (χ4v) is 0.745. The maximum Gasteiger partial charge on any atom is 0.237 e. The Morgan fingerprint density at radius 2 is 2.11 bits per heavy atom. The molecule has 0 aliphatic heterocycles. The van der Waals surface area contributed by atoms with Gasteiger partial charge in [0.25, 0.3) is 0 Å². The molecule has 54 valence electrons. The summed E-state index contributed by atoms with van der Waals surface area (Å²) in [6.45, 7) is 0. The van der Waals surface area contributed by atoms with Gasteiger partial charge in [-0.1, -0.05) is 0 Å². The molecule has 0 aromatic carbocycles. The first-order valence-corrected chi connectivity index (χ1v) is 2.70. The largest absolute Gasteiger partial charge is 0.368 e. The summed E-state index contributed by atoms with van der Waals surface area (Å²) in [5.74, 6) is -0.222. The first-order valence-electron chi connectivity index (χ1n) is 2.70. The number of hydrogen-bond donors (Lipinski definition) is 2. The van der Waals surface area contributed by atoms with Crippen LogP contribution in [0.5, 0.6) is 0 Å². The normalized spacial score (nSPS) is 20.1. The Morgan fingerprint density at radius 1 is 1.67 bits per heavy atom. The van der Waals surface area contributed by atoms with Crippen molar-refractivity contribution in [3.63, 3.8) is 0 Å². The van der Waals surface area contributed by atoms with Gasteiger partial charge in [-0.15, -0.1) is 12.4 Å². The Bertz CT molecular complexity index is 122. The van der Waals surface area contributed by atoms with Crippen molar-refractivity contribution in [2.24, 2.45) is 5.73 Å². The number of nitrogens with one attached hydrogen (secondary N) is 1. The fraction of sp³-hybridized carbons (Fsp3) is 0.800. The van der Waals surface area contributed by atoms with Crippen LogP contribution >= 0.6 is 12.4 Å². The molecule has 3 nitrogen and oxygen atoms in total. The van der Waals surface area contributed by atoms with Gasteiger partial charge in [-0.2, -0.15) is 0 Å². The number of likely N-dealkylation sites (N-methyl/N-ethyl adjacent to an activating group) is 1. The van der Waals surface area contributed by atoms with Crippen LogP contribution in [0.1, 0.15) is 12.8 Å². The summed E-state index contributed by atoms with van der Waals surface area (Å²) in [6.07, 6.45) is 1.80. The molecular weight excluding hydrogens is 140 g/mol. The SMILES string of the molecule is CNC1(C(N)=O)CC1.Cl. The third kappa shape index (κ3) is 1.34. The standard InChI is InChI=1S/C5H10N2O.ClH/c1-7-5(2-3-5)4(6)8;/h7H,2-3H2,1H3,(H2,6,8);1H. The molecule has 1 fully saturated rings. The van der Waals surface area contributed by atoms with Crippen molar-refractivity contribution < 1.29 is 4.79 Å². The van der Waals surface area contributed by atoms with Crippen molar-refractivity contribution in [3.8, 4) is 0 Å². The third-order valence-corrected chi connectivity index (χ3v) is 1.70. The molecule has 1 aliphatic carbocycles. The lowest BCUT2D eigenvalue weighted by molar-refractivity contribution is -0.120. The van der Waals surface area contributed by atoms with Gasteiger partial charge in [0.15, 0.2) is 0 Å². The molecule has 1 aliphatic rings. The average Bonchev–Trinajstić information content (AvgIpc) is 2.44. The highest BCUT2D eigenvalue weighted by atomic mass is 35.5. The minimum absolute atomic E-state index is 0. The van der Waals surface area contributed by atoms with Crippen LogP contribution in [0, 0.1) is 0 Å². The van der Waals surface area contributed by atoms with E-state index in [-0.39, 0.29) is 23.9 Å². The van der Waals surface area contributed by atoms with Gasteiger partial charge in [-0.05, 0) is 19.9 Å². The molecule has 0 atom stereocenters. The Hall–Kier alpha value is -0.280. The van der Waals surface area contributed by atoms with Gasteiger partial charge in [0, 0.05) is 0 Å². The number of carbonyl (C=O) groups excluding carboxylic acids is 1. The monoisotopic (exact) mass is 150 g/mol. The van der Waals surface area contributed by atoms with Crippen molar-refractivity contribution >= 4 is 18.3 Å². The van der Waals surface area contributed by atoms with E-state index in [1.54, 1.807) is 7.05 Å². The van der Waals surface area contributed by atoms with E-state index in [4.69, 9.17) is 5.73 Å². The molecule has 0 heterocycles. The Balaban J connectivity index is 0.000000640. The summed E-state index contributed by atoms with van der Waals surface area (Å²) >= 11 is 0. The van der Waals surface area contributed by atoms with E-state index in [9.17, 15) is 4.79 Å². The fourth-order valence-electron chi connectivity index (χ4n) is 0.745. The summed E-state index contributed by atoms with van der Waals surface area (Å²) in [5.41, 5.74) is 4.72. The lowest BCUT2D eigenvalue weighted by Crippen LogP contribution is -2.41. The summed E-state index contributed by atoms with van der Waals surface area (Å²) in [6, 6.07) is 0. The van der Waals surface area contributed by atoms with Crippen LogP contribution in [0.3, 0.4) is 0 Å². The number of primary amides is 1. The van der Waals surface area contributed by atoms with Gasteiger partial charge in [-0.3, -0.25) is 4.79 Å². The van der Waals surface area contributed by atoms with Gasteiger partial charge >= 0.3 is 0 Å². The molecule has 0 spiro atoms. The molecule has 0 unspecified atom stereocenters. The minimum Gasteiger partial charge on any atom is -0.368 e. The molecule has 3 N–H and O–H groups in total. The molecule has 0 saturated heterocycles. The predicted octanol–water partition coefficient (Wildman–Crippen LogP) is -0.355. The molecule has 9 heavy (non-hydrogen) atoms. The van der Waals surface area contributed by atoms with E-state index in [0.29, 0.717) is 0 Å². The maximum absolute atomic E-state index is 10.5. The summed E-state index contributed by atoms with van der Waals surface area (Å²) in [7, 11) is 1.76. The lowest BCUT2D eigenvalue weighted by Gasteiger charge is -2.06. The first-order chi connectivity index (χ1) is 3.71. The van der Waals surface area contributed by atoms with Crippen LogP contribution < -0.4 is 11.1 Å². The number of halogens is 1. The Morgan fingerprint density at radius 3 is 2.11 bits per heavy atom. The van der Waals surface area contributed by atoms with E-state index < -0.39 is 0 Å². The molecule has 1 saturated carbocycles. The number of carbonyl (C=O) groups is 1. The molecule has 4 heteroatoms. The predicted molar refractivity (Wildman–Crippen MR) is 37.5 cm³/mol. The molecule has 1 amide bonds. The third-order valence-electron chi connectivity index (χ3n) is 1.70. The lowest BCUT2D eigenvalue weighted by atomic mass is 10.3. The highest BCUT2D eigenvalue weighted by Gasteiger charge is 2.46.